The molecule has 0 amide bonds. The summed E-state index contributed by atoms with van der Waals surface area (Å²) in [6.45, 7) is 6.62. The third kappa shape index (κ3) is 4.32. The van der Waals surface area contributed by atoms with E-state index in [1.807, 2.05) is 0 Å². The summed E-state index contributed by atoms with van der Waals surface area (Å²) in [7, 11) is 0. The molecule has 106 valence electrons. The predicted octanol–water partition coefficient (Wildman–Crippen LogP) is 3.17. The van der Waals surface area contributed by atoms with E-state index in [1.165, 1.54) is 56.3 Å². The minimum Gasteiger partial charge on any atom is -0.330 e. The Morgan fingerprint density at radius 3 is 2.37 bits per heavy atom. The Labute approximate surface area is 118 Å². The number of hydrogen-bond acceptors (Lipinski definition) is 2. The highest BCUT2D eigenvalue weighted by molar-refractivity contribution is 5.26. The second kappa shape index (κ2) is 7.66. The van der Waals surface area contributed by atoms with Gasteiger partial charge in [-0.15, -0.1) is 0 Å². The van der Waals surface area contributed by atoms with Crippen LogP contribution in [0.2, 0.25) is 0 Å². The van der Waals surface area contributed by atoms with E-state index in [4.69, 9.17) is 5.73 Å². The lowest BCUT2D eigenvalue weighted by Crippen LogP contribution is -2.35. The summed E-state index contributed by atoms with van der Waals surface area (Å²) in [6.07, 6.45) is 6.50. The number of likely N-dealkylation sites (tertiary alicyclic amines) is 1. The molecule has 0 saturated carbocycles. The average molecular weight is 260 g/mol. The van der Waals surface area contributed by atoms with Crippen LogP contribution >= 0.6 is 0 Å². The van der Waals surface area contributed by atoms with Crippen molar-refractivity contribution in [3.63, 3.8) is 0 Å². The van der Waals surface area contributed by atoms with Crippen molar-refractivity contribution in [1.82, 2.24) is 4.90 Å². The number of nitrogens with zero attached hydrogens (tertiary/aromatic N) is 1. The average Bonchev–Trinajstić information content (AvgIpc) is 2.47. The van der Waals surface area contributed by atoms with E-state index >= 15 is 0 Å². The van der Waals surface area contributed by atoms with Gasteiger partial charge in [0.25, 0.3) is 0 Å². The highest BCUT2D eigenvalue weighted by Gasteiger charge is 2.16. The first kappa shape index (κ1) is 14.5. The van der Waals surface area contributed by atoms with E-state index < -0.39 is 0 Å². The third-order valence-electron chi connectivity index (χ3n) is 4.20. The number of rotatable bonds is 6. The molecule has 0 spiro atoms. The summed E-state index contributed by atoms with van der Waals surface area (Å²) in [5.74, 6) is 0.494. The van der Waals surface area contributed by atoms with Crippen LogP contribution in [0.5, 0.6) is 0 Å². The Balaban J connectivity index is 1.95. The fraction of sp³-hybridized carbons (Fsp3) is 0.647. The zero-order valence-electron chi connectivity index (χ0n) is 12.3. The first-order valence-corrected chi connectivity index (χ1v) is 7.84. The van der Waals surface area contributed by atoms with Crippen molar-refractivity contribution in [2.24, 2.45) is 5.73 Å². The van der Waals surface area contributed by atoms with Gasteiger partial charge in [-0.1, -0.05) is 44.0 Å². The van der Waals surface area contributed by atoms with Crippen molar-refractivity contribution >= 4 is 0 Å². The van der Waals surface area contributed by atoms with E-state index in [-0.39, 0.29) is 0 Å². The molecular weight excluding hydrogens is 232 g/mol. The second-order valence-electron chi connectivity index (χ2n) is 5.79. The first-order valence-electron chi connectivity index (χ1n) is 7.84. The van der Waals surface area contributed by atoms with Crippen LogP contribution < -0.4 is 5.73 Å². The molecule has 1 fully saturated rings. The van der Waals surface area contributed by atoms with Gasteiger partial charge in [0.05, 0.1) is 0 Å². The van der Waals surface area contributed by atoms with Crippen LogP contribution in [0.25, 0.3) is 0 Å². The number of benzene rings is 1. The molecule has 0 bridgehead atoms. The normalized spacial score (nSPS) is 18.4. The van der Waals surface area contributed by atoms with Crippen molar-refractivity contribution in [3.8, 4) is 0 Å². The van der Waals surface area contributed by atoms with Crippen LogP contribution in [0.15, 0.2) is 24.3 Å². The van der Waals surface area contributed by atoms with Gasteiger partial charge >= 0.3 is 0 Å². The first-order chi connectivity index (χ1) is 9.33. The molecule has 2 N–H and O–H groups in total. The number of hydrogen-bond donors (Lipinski definition) is 1. The Morgan fingerprint density at radius 2 is 1.79 bits per heavy atom. The van der Waals surface area contributed by atoms with Crippen LogP contribution in [0.4, 0.5) is 0 Å². The summed E-state index contributed by atoms with van der Waals surface area (Å²) in [5, 5.41) is 0. The van der Waals surface area contributed by atoms with Crippen LogP contribution in [-0.4, -0.2) is 31.1 Å². The van der Waals surface area contributed by atoms with Gasteiger partial charge in [-0.25, -0.2) is 0 Å². The Kier molecular flexibility index (Phi) is 5.87. The molecule has 1 saturated heterocycles. The van der Waals surface area contributed by atoms with Crippen molar-refractivity contribution in [2.75, 3.05) is 26.2 Å². The molecule has 1 aromatic rings. The molecular formula is C17H28N2. The molecule has 2 heteroatoms. The van der Waals surface area contributed by atoms with Gasteiger partial charge in [-0.05, 0) is 43.5 Å². The van der Waals surface area contributed by atoms with Crippen molar-refractivity contribution in [1.29, 1.82) is 0 Å². The maximum atomic E-state index is 5.99. The molecule has 0 aromatic heterocycles. The van der Waals surface area contributed by atoms with E-state index in [0.717, 1.165) is 13.1 Å². The second-order valence-corrected chi connectivity index (χ2v) is 5.79. The summed E-state index contributed by atoms with van der Waals surface area (Å²) in [6, 6.07) is 9.12. The highest BCUT2D eigenvalue weighted by Crippen LogP contribution is 2.19. The molecule has 0 aliphatic carbocycles. The van der Waals surface area contributed by atoms with Crippen LogP contribution in [-0.2, 0) is 6.42 Å². The molecule has 1 aliphatic rings. The molecule has 2 nitrogen and oxygen atoms in total. The fourth-order valence-corrected chi connectivity index (χ4v) is 3.01. The number of aryl methyl sites for hydroxylation is 1. The number of piperidine rings is 1. The summed E-state index contributed by atoms with van der Waals surface area (Å²) >= 11 is 0. The quantitative estimate of drug-likeness (QED) is 0.851. The standard InChI is InChI=1S/C17H28N2/c1-2-6-15-7-9-16(10-8-15)17(13-18)14-19-11-4-3-5-12-19/h7-10,17H,2-6,11-14,18H2,1H3. The predicted molar refractivity (Wildman–Crippen MR) is 82.5 cm³/mol. The van der Waals surface area contributed by atoms with Crippen molar-refractivity contribution in [3.05, 3.63) is 35.4 Å². The van der Waals surface area contributed by atoms with Crippen LogP contribution in [0.3, 0.4) is 0 Å². The molecule has 1 aliphatic heterocycles. The van der Waals surface area contributed by atoms with E-state index in [1.54, 1.807) is 0 Å². The largest absolute Gasteiger partial charge is 0.330 e. The monoisotopic (exact) mass is 260 g/mol. The lowest BCUT2D eigenvalue weighted by molar-refractivity contribution is 0.216. The van der Waals surface area contributed by atoms with Crippen molar-refractivity contribution in [2.45, 2.75) is 44.9 Å². The number of nitrogens with two attached hydrogens (primary N) is 1. The summed E-state index contributed by atoms with van der Waals surface area (Å²) in [4.78, 5) is 2.58. The van der Waals surface area contributed by atoms with E-state index in [0.29, 0.717) is 5.92 Å². The van der Waals surface area contributed by atoms with Crippen molar-refractivity contribution < 1.29 is 0 Å². The fourth-order valence-electron chi connectivity index (χ4n) is 3.01. The van der Waals surface area contributed by atoms with Gasteiger partial charge in [-0.2, -0.15) is 0 Å². The Hall–Kier alpha value is -0.860. The van der Waals surface area contributed by atoms with Crippen LogP contribution in [0, 0.1) is 0 Å². The maximum absolute atomic E-state index is 5.99. The van der Waals surface area contributed by atoms with E-state index in [2.05, 4.69) is 36.1 Å². The minimum absolute atomic E-state index is 0.494. The van der Waals surface area contributed by atoms with Gasteiger partial charge < -0.3 is 10.6 Å². The Bertz CT molecular complexity index is 352. The van der Waals surface area contributed by atoms with Gasteiger partial charge in [0.2, 0.25) is 0 Å². The third-order valence-corrected chi connectivity index (χ3v) is 4.20. The SMILES string of the molecule is CCCc1ccc(C(CN)CN2CCCCC2)cc1. The lowest BCUT2D eigenvalue weighted by Gasteiger charge is -2.30. The zero-order chi connectivity index (χ0) is 13.5. The topological polar surface area (TPSA) is 29.3 Å². The smallest absolute Gasteiger partial charge is 0.00888 e. The maximum Gasteiger partial charge on any atom is 0.00888 e. The molecule has 1 atom stereocenters. The minimum atomic E-state index is 0.494. The molecule has 1 heterocycles. The highest BCUT2D eigenvalue weighted by atomic mass is 15.1. The van der Waals surface area contributed by atoms with E-state index in [9.17, 15) is 0 Å². The van der Waals surface area contributed by atoms with Crippen LogP contribution in [0.1, 0.15) is 49.7 Å². The van der Waals surface area contributed by atoms with Gasteiger partial charge in [-0.3, -0.25) is 0 Å². The molecule has 19 heavy (non-hydrogen) atoms. The van der Waals surface area contributed by atoms with Gasteiger partial charge in [0.15, 0.2) is 0 Å². The van der Waals surface area contributed by atoms with Gasteiger partial charge in [0, 0.05) is 19.0 Å². The Morgan fingerprint density at radius 1 is 1.11 bits per heavy atom. The molecule has 2 rings (SSSR count). The molecule has 1 aromatic carbocycles. The van der Waals surface area contributed by atoms with Gasteiger partial charge in [0.1, 0.15) is 0 Å². The summed E-state index contributed by atoms with van der Waals surface area (Å²) < 4.78 is 0. The molecule has 0 radical (unpaired) electrons. The lowest BCUT2D eigenvalue weighted by atomic mass is 9.96. The zero-order valence-corrected chi connectivity index (χ0v) is 12.3. The molecule has 1 unspecified atom stereocenters. The summed E-state index contributed by atoms with van der Waals surface area (Å²) in [5.41, 5.74) is 8.85.